The summed E-state index contributed by atoms with van der Waals surface area (Å²) in [4.78, 5) is 10.1. The normalized spacial score (nSPS) is 9.79. The van der Waals surface area contributed by atoms with Crippen LogP contribution in [0.25, 0.3) is 0 Å². The predicted molar refractivity (Wildman–Crippen MR) is 59.1 cm³/mol. The second-order valence-corrected chi connectivity index (χ2v) is 3.01. The Kier molecular flexibility index (Phi) is 3.91. The van der Waals surface area contributed by atoms with Crippen LogP contribution in [0.3, 0.4) is 0 Å². The van der Waals surface area contributed by atoms with Crippen molar-refractivity contribution in [2.45, 2.75) is 13.3 Å². The van der Waals surface area contributed by atoms with Gasteiger partial charge < -0.3 is 10.6 Å². The number of hydrogen-bond donors (Lipinski definition) is 1. The van der Waals surface area contributed by atoms with Crippen molar-refractivity contribution in [3.63, 3.8) is 0 Å². The van der Waals surface area contributed by atoms with Crippen molar-refractivity contribution < 1.29 is 0 Å². The summed E-state index contributed by atoms with van der Waals surface area (Å²) in [7, 11) is 0. The zero-order valence-corrected chi connectivity index (χ0v) is 8.48. The Morgan fingerprint density at radius 3 is 3.00 bits per heavy atom. The van der Waals surface area contributed by atoms with Gasteiger partial charge in [-0.25, -0.2) is 4.98 Å². The topological polar surface area (TPSA) is 55.0 Å². The first-order chi connectivity index (χ1) is 6.77. The Balaban J connectivity index is 2.80. The number of nitrogen functional groups attached to an aromatic ring is 1. The summed E-state index contributed by atoms with van der Waals surface area (Å²) in [6.45, 7) is 7.57. The Hall–Kier alpha value is -1.58. The van der Waals surface area contributed by atoms with E-state index in [1.165, 1.54) is 0 Å². The lowest BCUT2D eigenvalue weighted by Gasteiger charge is -2.21. The van der Waals surface area contributed by atoms with Gasteiger partial charge in [-0.2, -0.15) is 4.98 Å². The van der Waals surface area contributed by atoms with Gasteiger partial charge in [0.05, 0.1) is 0 Å². The highest BCUT2D eigenvalue weighted by Gasteiger charge is 2.04. The first-order valence-corrected chi connectivity index (χ1v) is 4.72. The highest BCUT2D eigenvalue weighted by molar-refractivity contribution is 5.41. The number of aromatic nitrogens is 2. The molecule has 4 nitrogen and oxygen atoms in total. The van der Waals surface area contributed by atoms with Crippen LogP contribution in [0.5, 0.6) is 0 Å². The largest absolute Gasteiger partial charge is 0.368 e. The zero-order chi connectivity index (χ0) is 10.4. The van der Waals surface area contributed by atoms with E-state index in [-0.39, 0.29) is 0 Å². The molecule has 0 saturated heterocycles. The molecule has 0 atom stereocenters. The number of hydrogen-bond acceptors (Lipinski definition) is 4. The van der Waals surface area contributed by atoms with E-state index in [1.54, 1.807) is 6.20 Å². The molecule has 0 bridgehead atoms. The fraction of sp³-hybridized carbons (Fsp3) is 0.400. The summed E-state index contributed by atoms with van der Waals surface area (Å²) >= 11 is 0. The minimum Gasteiger partial charge on any atom is -0.368 e. The molecule has 0 saturated carbocycles. The molecule has 0 unspecified atom stereocenters. The maximum Gasteiger partial charge on any atom is 0.221 e. The minimum atomic E-state index is 0.313. The van der Waals surface area contributed by atoms with Gasteiger partial charge in [-0.3, -0.25) is 0 Å². The third-order valence-electron chi connectivity index (χ3n) is 1.83. The lowest BCUT2D eigenvalue weighted by molar-refractivity contribution is 0.801. The molecule has 4 heteroatoms. The molecule has 0 aromatic carbocycles. The van der Waals surface area contributed by atoms with Crippen molar-refractivity contribution in [3.05, 3.63) is 24.9 Å². The van der Waals surface area contributed by atoms with Gasteiger partial charge in [0.1, 0.15) is 5.82 Å². The van der Waals surface area contributed by atoms with E-state index < -0.39 is 0 Å². The average Bonchev–Trinajstić information content (AvgIpc) is 2.17. The van der Waals surface area contributed by atoms with Gasteiger partial charge in [0.2, 0.25) is 5.95 Å². The van der Waals surface area contributed by atoms with Crippen molar-refractivity contribution in [1.82, 2.24) is 9.97 Å². The molecule has 1 rings (SSSR count). The summed E-state index contributed by atoms with van der Waals surface area (Å²) < 4.78 is 0. The molecule has 14 heavy (non-hydrogen) atoms. The van der Waals surface area contributed by atoms with E-state index in [0.29, 0.717) is 5.95 Å². The van der Waals surface area contributed by atoms with E-state index in [1.807, 2.05) is 12.1 Å². The first-order valence-electron chi connectivity index (χ1n) is 4.72. The Morgan fingerprint density at radius 1 is 1.64 bits per heavy atom. The standard InChI is InChI=1S/C10H16N4/c1-3-7-14(8-4-2)9-5-6-12-10(11)13-9/h3,5-6H,1,4,7-8H2,2H3,(H2,11,12,13). The second kappa shape index (κ2) is 5.21. The molecule has 2 N–H and O–H groups in total. The van der Waals surface area contributed by atoms with E-state index in [2.05, 4.69) is 28.4 Å². The summed E-state index contributed by atoms with van der Waals surface area (Å²) in [6.07, 6.45) is 4.59. The van der Waals surface area contributed by atoms with Gasteiger partial charge in [0.25, 0.3) is 0 Å². The molecular weight excluding hydrogens is 176 g/mol. The predicted octanol–water partition coefficient (Wildman–Crippen LogP) is 1.46. The van der Waals surface area contributed by atoms with Gasteiger partial charge in [-0.05, 0) is 12.5 Å². The van der Waals surface area contributed by atoms with E-state index in [9.17, 15) is 0 Å². The van der Waals surface area contributed by atoms with Crippen molar-refractivity contribution >= 4 is 11.8 Å². The molecule has 0 spiro atoms. The highest BCUT2D eigenvalue weighted by Crippen LogP contribution is 2.10. The number of nitrogens with two attached hydrogens (primary N) is 1. The number of rotatable bonds is 5. The van der Waals surface area contributed by atoms with Crippen LogP contribution in [-0.2, 0) is 0 Å². The third kappa shape index (κ3) is 2.73. The quantitative estimate of drug-likeness (QED) is 0.718. The van der Waals surface area contributed by atoms with E-state index >= 15 is 0 Å². The Bertz CT molecular complexity index is 298. The molecule has 0 aliphatic carbocycles. The Morgan fingerprint density at radius 2 is 2.43 bits per heavy atom. The SMILES string of the molecule is C=CCN(CCC)c1ccnc(N)n1. The molecule has 76 valence electrons. The average molecular weight is 192 g/mol. The monoisotopic (exact) mass is 192 g/mol. The maximum atomic E-state index is 5.51. The van der Waals surface area contributed by atoms with Gasteiger partial charge in [0.15, 0.2) is 0 Å². The smallest absolute Gasteiger partial charge is 0.221 e. The fourth-order valence-corrected chi connectivity index (χ4v) is 1.27. The van der Waals surface area contributed by atoms with Crippen molar-refractivity contribution in [1.29, 1.82) is 0 Å². The van der Waals surface area contributed by atoms with Gasteiger partial charge in [-0.1, -0.05) is 13.0 Å². The summed E-state index contributed by atoms with van der Waals surface area (Å²) in [5.41, 5.74) is 5.51. The highest BCUT2D eigenvalue weighted by atomic mass is 15.2. The van der Waals surface area contributed by atoms with Crippen LogP contribution in [-0.4, -0.2) is 23.1 Å². The molecular formula is C10H16N4. The number of nitrogens with zero attached hydrogens (tertiary/aromatic N) is 3. The van der Waals surface area contributed by atoms with Crippen LogP contribution in [0.4, 0.5) is 11.8 Å². The van der Waals surface area contributed by atoms with Crippen molar-refractivity contribution in [3.8, 4) is 0 Å². The molecule has 0 aliphatic rings. The van der Waals surface area contributed by atoms with Crippen LogP contribution in [0.15, 0.2) is 24.9 Å². The van der Waals surface area contributed by atoms with Crippen LogP contribution < -0.4 is 10.6 Å². The summed E-state index contributed by atoms with van der Waals surface area (Å²) in [6, 6.07) is 1.86. The summed E-state index contributed by atoms with van der Waals surface area (Å²) in [5.74, 6) is 1.17. The van der Waals surface area contributed by atoms with Crippen LogP contribution >= 0.6 is 0 Å². The van der Waals surface area contributed by atoms with Gasteiger partial charge >= 0.3 is 0 Å². The molecule has 0 aliphatic heterocycles. The number of anilines is 2. The zero-order valence-electron chi connectivity index (χ0n) is 8.48. The molecule has 1 aromatic rings. The maximum absolute atomic E-state index is 5.51. The lowest BCUT2D eigenvalue weighted by atomic mass is 10.4. The minimum absolute atomic E-state index is 0.313. The molecule has 1 aromatic heterocycles. The first kappa shape index (κ1) is 10.5. The van der Waals surface area contributed by atoms with E-state index in [0.717, 1.165) is 25.3 Å². The molecule has 1 heterocycles. The Labute approximate surface area is 84.5 Å². The summed E-state index contributed by atoms with van der Waals surface area (Å²) in [5, 5.41) is 0. The second-order valence-electron chi connectivity index (χ2n) is 3.01. The molecule has 0 radical (unpaired) electrons. The lowest BCUT2D eigenvalue weighted by Crippen LogP contribution is -2.25. The van der Waals surface area contributed by atoms with Crippen molar-refractivity contribution in [2.24, 2.45) is 0 Å². The third-order valence-corrected chi connectivity index (χ3v) is 1.83. The van der Waals surface area contributed by atoms with Gasteiger partial charge in [-0.15, -0.1) is 6.58 Å². The molecule has 0 amide bonds. The van der Waals surface area contributed by atoms with Gasteiger partial charge in [0, 0.05) is 19.3 Å². The van der Waals surface area contributed by atoms with E-state index in [4.69, 9.17) is 5.73 Å². The molecule has 0 fully saturated rings. The van der Waals surface area contributed by atoms with Crippen LogP contribution in [0.1, 0.15) is 13.3 Å². The van der Waals surface area contributed by atoms with Crippen LogP contribution in [0, 0.1) is 0 Å². The fourth-order valence-electron chi connectivity index (χ4n) is 1.27. The van der Waals surface area contributed by atoms with Crippen molar-refractivity contribution in [2.75, 3.05) is 23.7 Å². The van der Waals surface area contributed by atoms with Crippen LogP contribution in [0.2, 0.25) is 0 Å².